The van der Waals surface area contributed by atoms with Crippen molar-refractivity contribution in [2.45, 2.75) is 50.5 Å². The fraction of sp³-hybridized carbons (Fsp3) is 0.562. The van der Waals surface area contributed by atoms with Crippen LogP contribution in [0.3, 0.4) is 0 Å². The quantitative estimate of drug-likeness (QED) is 0.918. The van der Waals surface area contributed by atoms with Gasteiger partial charge in [-0.2, -0.15) is 11.8 Å². The third-order valence-electron chi connectivity index (χ3n) is 3.97. The molecule has 20 heavy (non-hydrogen) atoms. The Labute approximate surface area is 124 Å². The Morgan fingerprint density at radius 2 is 2.30 bits per heavy atom. The number of nitrogens with zero attached hydrogens (tertiary/aromatic N) is 2. The number of rotatable bonds is 5. The molecule has 1 aliphatic heterocycles. The van der Waals surface area contributed by atoms with Crippen LogP contribution in [-0.2, 0) is 13.0 Å². The standard InChI is InChI=1S/C16H22N2OS/c1-2-9-18-13-7-4-3-6-12(13)17-16(18)11-14(19)15-8-5-10-20-15/h3-4,6-7,14-15,19H,2,5,8-11H2,1H3. The third-order valence-corrected chi connectivity index (χ3v) is 5.47. The number of benzene rings is 1. The highest BCUT2D eigenvalue weighted by Gasteiger charge is 2.25. The first kappa shape index (κ1) is 14.0. The molecule has 108 valence electrons. The fourth-order valence-electron chi connectivity index (χ4n) is 2.98. The maximum absolute atomic E-state index is 10.4. The van der Waals surface area contributed by atoms with Gasteiger partial charge in [0.1, 0.15) is 5.82 Å². The average Bonchev–Trinajstić information content (AvgIpc) is 3.08. The zero-order valence-electron chi connectivity index (χ0n) is 12.0. The highest BCUT2D eigenvalue weighted by Crippen LogP contribution is 2.30. The molecular formula is C16H22N2OS. The Balaban J connectivity index is 1.87. The van der Waals surface area contributed by atoms with Crippen LogP contribution in [0.2, 0.25) is 0 Å². The molecule has 1 aromatic carbocycles. The van der Waals surface area contributed by atoms with Gasteiger partial charge in [0.15, 0.2) is 0 Å². The van der Waals surface area contributed by atoms with E-state index in [-0.39, 0.29) is 6.10 Å². The summed E-state index contributed by atoms with van der Waals surface area (Å²) in [6, 6.07) is 8.27. The van der Waals surface area contributed by atoms with Gasteiger partial charge in [-0.3, -0.25) is 0 Å². The van der Waals surface area contributed by atoms with E-state index in [0.29, 0.717) is 11.7 Å². The summed E-state index contributed by atoms with van der Waals surface area (Å²) in [5.41, 5.74) is 2.23. The van der Waals surface area contributed by atoms with Crippen LogP contribution in [0.4, 0.5) is 0 Å². The van der Waals surface area contributed by atoms with Crippen molar-refractivity contribution < 1.29 is 5.11 Å². The summed E-state index contributed by atoms with van der Waals surface area (Å²) in [5, 5.41) is 10.8. The van der Waals surface area contributed by atoms with Gasteiger partial charge in [0.2, 0.25) is 0 Å². The van der Waals surface area contributed by atoms with E-state index in [9.17, 15) is 5.11 Å². The lowest BCUT2D eigenvalue weighted by Crippen LogP contribution is -2.25. The highest BCUT2D eigenvalue weighted by molar-refractivity contribution is 8.00. The summed E-state index contributed by atoms with van der Waals surface area (Å²) in [7, 11) is 0. The minimum atomic E-state index is -0.269. The number of aryl methyl sites for hydroxylation is 1. The van der Waals surface area contributed by atoms with Crippen molar-refractivity contribution in [1.29, 1.82) is 0 Å². The van der Waals surface area contributed by atoms with Crippen LogP contribution in [0.25, 0.3) is 11.0 Å². The van der Waals surface area contributed by atoms with E-state index in [1.165, 1.54) is 17.7 Å². The van der Waals surface area contributed by atoms with Crippen molar-refractivity contribution in [2.24, 2.45) is 0 Å². The average molecular weight is 290 g/mol. The molecule has 0 saturated carbocycles. The van der Waals surface area contributed by atoms with Crippen LogP contribution in [0.1, 0.15) is 32.0 Å². The molecular weight excluding hydrogens is 268 g/mol. The molecule has 2 atom stereocenters. The van der Waals surface area contributed by atoms with Crippen LogP contribution in [0.15, 0.2) is 24.3 Å². The van der Waals surface area contributed by atoms with Crippen LogP contribution < -0.4 is 0 Å². The van der Waals surface area contributed by atoms with Gasteiger partial charge in [0.25, 0.3) is 0 Å². The molecule has 0 spiro atoms. The Kier molecular flexibility index (Phi) is 4.32. The minimum absolute atomic E-state index is 0.269. The molecule has 4 heteroatoms. The highest BCUT2D eigenvalue weighted by atomic mass is 32.2. The number of hydrogen-bond donors (Lipinski definition) is 1. The Hall–Kier alpha value is -1.00. The number of imidazole rings is 1. The predicted molar refractivity (Wildman–Crippen MR) is 85.2 cm³/mol. The van der Waals surface area contributed by atoms with Gasteiger partial charge in [-0.25, -0.2) is 4.98 Å². The second-order valence-electron chi connectivity index (χ2n) is 5.49. The van der Waals surface area contributed by atoms with Gasteiger partial charge in [-0.15, -0.1) is 0 Å². The first-order chi connectivity index (χ1) is 9.79. The van der Waals surface area contributed by atoms with Gasteiger partial charge >= 0.3 is 0 Å². The molecule has 3 rings (SSSR count). The lowest BCUT2D eigenvalue weighted by molar-refractivity contribution is 0.166. The van der Waals surface area contributed by atoms with Crippen molar-refractivity contribution >= 4 is 22.8 Å². The van der Waals surface area contributed by atoms with Gasteiger partial charge < -0.3 is 9.67 Å². The van der Waals surface area contributed by atoms with Crippen molar-refractivity contribution in [3.05, 3.63) is 30.1 Å². The van der Waals surface area contributed by atoms with Crippen LogP contribution in [-0.4, -0.2) is 31.8 Å². The molecule has 1 aliphatic rings. The first-order valence-corrected chi connectivity index (χ1v) is 8.58. The Morgan fingerprint density at radius 3 is 3.05 bits per heavy atom. The number of aliphatic hydroxyl groups is 1. The maximum Gasteiger partial charge on any atom is 0.112 e. The fourth-order valence-corrected chi connectivity index (χ4v) is 4.27. The maximum atomic E-state index is 10.4. The molecule has 1 fully saturated rings. The van der Waals surface area contributed by atoms with Crippen molar-refractivity contribution in [2.75, 3.05) is 5.75 Å². The van der Waals surface area contributed by atoms with Gasteiger partial charge in [0, 0.05) is 18.2 Å². The zero-order chi connectivity index (χ0) is 13.9. The molecule has 0 aliphatic carbocycles. The normalized spacial score (nSPS) is 20.6. The Bertz CT molecular complexity index is 575. The van der Waals surface area contributed by atoms with E-state index < -0.39 is 0 Å². The summed E-state index contributed by atoms with van der Waals surface area (Å²) < 4.78 is 2.28. The lowest BCUT2D eigenvalue weighted by Gasteiger charge is -2.17. The number of aliphatic hydroxyl groups excluding tert-OH is 1. The van der Waals surface area contributed by atoms with Crippen molar-refractivity contribution in [3.63, 3.8) is 0 Å². The number of hydrogen-bond acceptors (Lipinski definition) is 3. The molecule has 2 heterocycles. The molecule has 2 unspecified atom stereocenters. The number of fused-ring (bicyclic) bond motifs is 1. The third kappa shape index (κ3) is 2.72. The van der Waals surface area contributed by atoms with Crippen molar-refractivity contribution in [3.8, 4) is 0 Å². The van der Waals surface area contributed by atoms with Gasteiger partial charge in [-0.05, 0) is 37.1 Å². The molecule has 1 aromatic heterocycles. The summed E-state index contributed by atoms with van der Waals surface area (Å²) in [5.74, 6) is 2.22. The van der Waals surface area contributed by atoms with Crippen LogP contribution in [0, 0.1) is 0 Å². The Morgan fingerprint density at radius 1 is 1.45 bits per heavy atom. The second kappa shape index (κ2) is 6.19. The van der Waals surface area contributed by atoms with Gasteiger partial charge in [0.05, 0.1) is 17.1 Å². The van der Waals surface area contributed by atoms with Gasteiger partial charge in [-0.1, -0.05) is 19.1 Å². The first-order valence-electron chi connectivity index (χ1n) is 7.53. The molecule has 3 nitrogen and oxygen atoms in total. The monoisotopic (exact) mass is 290 g/mol. The summed E-state index contributed by atoms with van der Waals surface area (Å²) in [6.45, 7) is 3.15. The second-order valence-corrected chi connectivity index (χ2v) is 6.84. The molecule has 0 radical (unpaired) electrons. The predicted octanol–water partition coefficient (Wildman–Crippen LogP) is 3.25. The molecule has 1 saturated heterocycles. The molecule has 0 bridgehead atoms. The largest absolute Gasteiger partial charge is 0.392 e. The number of thioether (sulfide) groups is 1. The molecule has 1 N–H and O–H groups in total. The number of para-hydroxylation sites is 2. The summed E-state index contributed by atoms with van der Waals surface area (Å²) in [6.07, 6.45) is 3.86. The lowest BCUT2D eigenvalue weighted by atomic mass is 10.1. The SMILES string of the molecule is CCCn1c(CC(O)C2CCCS2)nc2ccccc21. The topological polar surface area (TPSA) is 38.0 Å². The van der Waals surface area contributed by atoms with Crippen LogP contribution >= 0.6 is 11.8 Å². The zero-order valence-corrected chi connectivity index (χ0v) is 12.8. The van der Waals surface area contributed by atoms with Crippen LogP contribution in [0.5, 0.6) is 0 Å². The smallest absolute Gasteiger partial charge is 0.112 e. The summed E-state index contributed by atoms with van der Waals surface area (Å²) in [4.78, 5) is 4.74. The summed E-state index contributed by atoms with van der Waals surface area (Å²) >= 11 is 1.91. The van der Waals surface area contributed by atoms with E-state index in [1.54, 1.807) is 0 Å². The minimum Gasteiger partial charge on any atom is -0.392 e. The van der Waals surface area contributed by atoms with E-state index in [4.69, 9.17) is 4.98 Å². The van der Waals surface area contributed by atoms with Crippen molar-refractivity contribution in [1.82, 2.24) is 9.55 Å². The van der Waals surface area contributed by atoms with E-state index in [0.717, 1.165) is 30.7 Å². The van der Waals surface area contributed by atoms with E-state index in [1.807, 2.05) is 17.8 Å². The van der Waals surface area contributed by atoms with E-state index >= 15 is 0 Å². The van der Waals surface area contributed by atoms with E-state index in [2.05, 4.69) is 29.7 Å². The number of aromatic nitrogens is 2. The molecule has 0 amide bonds. The molecule has 2 aromatic rings.